The van der Waals surface area contributed by atoms with Crippen LogP contribution in [0.4, 0.5) is 0 Å². The summed E-state index contributed by atoms with van der Waals surface area (Å²) in [6, 6.07) is 18.3. The van der Waals surface area contributed by atoms with Gasteiger partial charge in [-0.1, -0.05) is 43.3 Å². The highest BCUT2D eigenvalue weighted by atomic mass is 16.5. The number of benzene rings is 2. The van der Waals surface area contributed by atoms with Gasteiger partial charge in [0.25, 0.3) is 0 Å². The molecule has 1 fully saturated rings. The van der Waals surface area contributed by atoms with Crippen molar-refractivity contribution >= 4 is 5.91 Å². The molecule has 0 bridgehead atoms. The van der Waals surface area contributed by atoms with Gasteiger partial charge in [-0.2, -0.15) is 5.10 Å². The van der Waals surface area contributed by atoms with Gasteiger partial charge in [-0.3, -0.25) is 9.48 Å². The molecule has 1 amide bonds. The Bertz CT molecular complexity index is 1240. The number of ether oxygens (including phenoxy) is 2. The van der Waals surface area contributed by atoms with Crippen LogP contribution in [0.1, 0.15) is 37.1 Å². The Balaban J connectivity index is 1.36. The lowest BCUT2D eigenvalue weighted by Gasteiger charge is -2.30. The largest absolute Gasteiger partial charge is 0.457 e. The lowest BCUT2D eigenvalue weighted by molar-refractivity contribution is -0.127. The van der Waals surface area contributed by atoms with Crippen molar-refractivity contribution in [2.45, 2.75) is 38.8 Å². The molecule has 3 aromatic rings. The lowest BCUT2D eigenvalue weighted by Crippen LogP contribution is -2.36. The summed E-state index contributed by atoms with van der Waals surface area (Å²) in [5.74, 6) is 2.06. The fraction of sp³-hybridized carbons (Fsp3) is 0.357. The Morgan fingerprint density at radius 3 is 2.59 bits per heavy atom. The summed E-state index contributed by atoms with van der Waals surface area (Å²) < 4.78 is 13.9. The Morgan fingerprint density at radius 1 is 1.06 bits per heavy atom. The second-order valence-corrected chi connectivity index (χ2v) is 9.39. The van der Waals surface area contributed by atoms with E-state index in [1.165, 1.54) is 5.69 Å². The first-order chi connectivity index (χ1) is 16.7. The van der Waals surface area contributed by atoms with Crippen LogP contribution in [0, 0.1) is 5.92 Å². The predicted molar refractivity (Wildman–Crippen MR) is 130 cm³/mol. The molecule has 0 spiro atoms. The number of allylic oxidation sites excluding steroid dienone is 1. The maximum atomic E-state index is 13.0. The van der Waals surface area contributed by atoms with Gasteiger partial charge in [0.1, 0.15) is 11.5 Å². The van der Waals surface area contributed by atoms with Gasteiger partial charge in [-0.15, -0.1) is 0 Å². The number of para-hydroxylation sites is 1. The molecule has 34 heavy (non-hydrogen) atoms. The van der Waals surface area contributed by atoms with Gasteiger partial charge in [0.05, 0.1) is 11.7 Å². The molecular formula is C28H29N3O3. The highest BCUT2D eigenvalue weighted by molar-refractivity contribution is 5.98. The van der Waals surface area contributed by atoms with E-state index < -0.39 is 0 Å². The minimum absolute atomic E-state index is 0.170. The molecular weight excluding hydrogens is 426 g/mol. The van der Waals surface area contributed by atoms with Crippen molar-refractivity contribution in [1.82, 2.24) is 14.7 Å². The standard InChI is InChI=1S/C28H29N3O3/c1-19-16-24(19)28(32)30-13-10-26-25(18-30)27(29-31(26)21-11-14-33-15-12-21)20-6-5-9-23(17-20)34-22-7-3-2-4-8-22/h2-9,16-17,19,21H,10-15,18H2,1H3. The van der Waals surface area contributed by atoms with Gasteiger partial charge in [-0.25, -0.2) is 0 Å². The first kappa shape index (κ1) is 21.2. The zero-order valence-electron chi connectivity index (χ0n) is 19.4. The number of rotatable bonds is 5. The summed E-state index contributed by atoms with van der Waals surface area (Å²) >= 11 is 0. The number of amides is 1. The van der Waals surface area contributed by atoms with Crippen LogP contribution in [0.2, 0.25) is 0 Å². The SMILES string of the molecule is CC1C=C1C(=O)N1CCc2c(c(-c3cccc(Oc4ccccc4)c3)nn2C2CCOCC2)C1. The van der Waals surface area contributed by atoms with Gasteiger partial charge in [-0.05, 0) is 37.1 Å². The molecule has 174 valence electrons. The molecule has 2 aliphatic heterocycles. The number of carbonyl (C=O) groups is 1. The third kappa shape index (κ3) is 4.03. The monoisotopic (exact) mass is 455 g/mol. The van der Waals surface area contributed by atoms with Gasteiger partial charge in [0.2, 0.25) is 5.91 Å². The quantitative estimate of drug-likeness (QED) is 0.534. The minimum Gasteiger partial charge on any atom is -0.457 e. The van der Waals surface area contributed by atoms with Crippen molar-refractivity contribution in [3.05, 3.63) is 77.5 Å². The summed E-state index contributed by atoms with van der Waals surface area (Å²) in [4.78, 5) is 15.0. The van der Waals surface area contributed by atoms with E-state index in [4.69, 9.17) is 14.6 Å². The van der Waals surface area contributed by atoms with E-state index in [0.717, 1.165) is 72.9 Å². The Hall–Kier alpha value is -3.38. The fourth-order valence-corrected chi connectivity index (χ4v) is 5.08. The second-order valence-electron chi connectivity index (χ2n) is 9.39. The van der Waals surface area contributed by atoms with Crippen LogP contribution in [0.3, 0.4) is 0 Å². The molecule has 1 unspecified atom stereocenters. The number of hydrogen-bond donors (Lipinski definition) is 0. The van der Waals surface area contributed by atoms with Crippen molar-refractivity contribution in [3.63, 3.8) is 0 Å². The third-order valence-electron chi connectivity index (χ3n) is 7.05. The highest BCUT2D eigenvalue weighted by Crippen LogP contribution is 2.37. The van der Waals surface area contributed by atoms with Crippen LogP contribution >= 0.6 is 0 Å². The molecule has 3 aliphatic rings. The molecule has 0 radical (unpaired) electrons. The van der Waals surface area contributed by atoms with Crippen molar-refractivity contribution in [3.8, 4) is 22.8 Å². The fourth-order valence-electron chi connectivity index (χ4n) is 5.08. The van der Waals surface area contributed by atoms with Crippen LogP contribution in [-0.4, -0.2) is 40.3 Å². The molecule has 0 saturated carbocycles. The highest BCUT2D eigenvalue weighted by Gasteiger charge is 2.35. The number of aromatic nitrogens is 2. The zero-order valence-corrected chi connectivity index (χ0v) is 19.4. The molecule has 1 aliphatic carbocycles. The van der Waals surface area contributed by atoms with Gasteiger partial charge in [0, 0.05) is 61.0 Å². The van der Waals surface area contributed by atoms with Crippen molar-refractivity contribution in [2.75, 3.05) is 19.8 Å². The Labute approximate surface area is 199 Å². The Morgan fingerprint density at radius 2 is 1.82 bits per heavy atom. The minimum atomic E-state index is 0.170. The lowest BCUT2D eigenvalue weighted by atomic mass is 9.99. The first-order valence-corrected chi connectivity index (χ1v) is 12.2. The molecule has 1 aromatic heterocycles. The predicted octanol–water partition coefficient (Wildman–Crippen LogP) is 5.15. The smallest absolute Gasteiger partial charge is 0.250 e. The van der Waals surface area contributed by atoms with E-state index in [9.17, 15) is 4.79 Å². The molecule has 6 heteroatoms. The number of nitrogens with zero attached hydrogens (tertiary/aromatic N) is 3. The van der Waals surface area contributed by atoms with Crippen LogP contribution in [0.25, 0.3) is 11.3 Å². The van der Waals surface area contributed by atoms with Gasteiger partial charge in [0.15, 0.2) is 0 Å². The van der Waals surface area contributed by atoms with E-state index in [1.807, 2.05) is 47.4 Å². The normalized spacial score (nSPS) is 20.0. The summed E-state index contributed by atoms with van der Waals surface area (Å²) in [7, 11) is 0. The van der Waals surface area contributed by atoms with Crippen molar-refractivity contribution in [2.24, 2.45) is 5.92 Å². The number of hydrogen-bond acceptors (Lipinski definition) is 4. The van der Waals surface area contributed by atoms with Crippen LogP contribution < -0.4 is 4.74 Å². The molecule has 0 N–H and O–H groups in total. The summed E-state index contributed by atoms with van der Waals surface area (Å²) in [6.45, 7) is 4.95. The molecule has 1 atom stereocenters. The molecule has 1 saturated heterocycles. The number of fused-ring (bicyclic) bond motifs is 1. The zero-order chi connectivity index (χ0) is 23.1. The van der Waals surface area contributed by atoms with Crippen LogP contribution in [0.5, 0.6) is 11.5 Å². The Kier molecular flexibility index (Phi) is 5.46. The van der Waals surface area contributed by atoms with Crippen molar-refractivity contribution in [1.29, 1.82) is 0 Å². The van der Waals surface area contributed by atoms with E-state index in [-0.39, 0.29) is 5.91 Å². The van der Waals surface area contributed by atoms with Gasteiger partial charge < -0.3 is 14.4 Å². The van der Waals surface area contributed by atoms with Crippen LogP contribution in [0.15, 0.2) is 66.2 Å². The van der Waals surface area contributed by atoms with E-state index in [0.29, 0.717) is 18.5 Å². The van der Waals surface area contributed by atoms with E-state index in [2.05, 4.69) is 29.8 Å². The molecule has 2 aromatic carbocycles. The van der Waals surface area contributed by atoms with E-state index >= 15 is 0 Å². The summed E-state index contributed by atoms with van der Waals surface area (Å²) in [5.41, 5.74) is 5.34. The van der Waals surface area contributed by atoms with Gasteiger partial charge >= 0.3 is 0 Å². The molecule has 3 heterocycles. The summed E-state index contributed by atoms with van der Waals surface area (Å²) in [5, 5.41) is 5.16. The first-order valence-electron chi connectivity index (χ1n) is 12.2. The second kappa shape index (κ2) is 8.76. The number of carbonyl (C=O) groups excluding carboxylic acids is 1. The average molecular weight is 456 g/mol. The molecule has 6 rings (SSSR count). The average Bonchev–Trinajstić information content (AvgIpc) is 3.49. The third-order valence-corrected chi connectivity index (χ3v) is 7.05. The molecule has 6 nitrogen and oxygen atoms in total. The van der Waals surface area contributed by atoms with E-state index in [1.54, 1.807) is 0 Å². The maximum Gasteiger partial charge on any atom is 0.250 e. The summed E-state index contributed by atoms with van der Waals surface area (Å²) in [6.07, 6.45) is 4.82. The van der Waals surface area contributed by atoms with Crippen molar-refractivity contribution < 1.29 is 14.3 Å². The van der Waals surface area contributed by atoms with Crippen LogP contribution in [-0.2, 0) is 22.5 Å². The topological polar surface area (TPSA) is 56.6 Å². The maximum absolute atomic E-state index is 13.0.